The van der Waals surface area contributed by atoms with Gasteiger partial charge in [-0.15, -0.1) is 0 Å². The molecule has 0 unspecified atom stereocenters. The Balaban J connectivity index is 2.05. The first-order valence-corrected chi connectivity index (χ1v) is 6.86. The number of hydrogen-bond donors (Lipinski definition) is 2. The van der Waals surface area contributed by atoms with E-state index in [-0.39, 0.29) is 0 Å². The maximum atomic E-state index is 12.5. The Bertz CT molecular complexity index is 609. The standard InChI is InChI=1S/C15H17F3N4/c1-10(2)9-20-13-7-8-19-14(22-13)21-12-5-3-11(4-6-12)15(16,17)18/h3-8,10H,9H2,1-2H3,(H2,19,20,21,22). The summed E-state index contributed by atoms with van der Waals surface area (Å²) < 4.78 is 37.5. The third kappa shape index (κ3) is 4.61. The van der Waals surface area contributed by atoms with Crippen molar-refractivity contribution in [1.82, 2.24) is 9.97 Å². The molecule has 0 bridgehead atoms. The van der Waals surface area contributed by atoms with Gasteiger partial charge in [0.2, 0.25) is 5.95 Å². The van der Waals surface area contributed by atoms with Crippen LogP contribution in [0.1, 0.15) is 19.4 Å². The van der Waals surface area contributed by atoms with Crippen LogP contribution in [0.3, 0.4) is 0 Å². The van der Waals surface area contributed by atoms with Crippen molar-refractivity contribution >= 4 is 17.5 Å². The van der Waals surface area contributed by atoms with Gasteiger partial charge in [0.15, 0.2) is 0 Å². The molecule has 1 aromatic heterocycles. The first-order chi connectivity index (χ1) is 10.3. The van der Waals surface area contributed by atoms with Crippen molar-refractivity contribution in [3.05, 3.63) is 42.1 Å². The van der Waals surface area contributed by atoms with Crippen LogP contribution in [0.25, 0.3) is 0 Å². The second kappa shape index (κ2) is 6.64. The summed E-state index contributed by atoms with van der Waals surface area (Å²) in [5.41, 5.74) is -0.194. The van der Waals surface area contributed by atoms with Crippen LogP contribution in [-0.2, 0) is 6.18 Å². The van der Waals surface area contributed by atoms with Gasteiger partial charge in [-0.2, -0.15) is 18.2 Å². The molecule has 0 radical (unpaired) electrons. The van der Waals surface area contributed by atoms with Gasteiger partial charge in [0.25, 0.3) is 0 Å². The Morgan fingerprint density at radius 3 is 2.36 bits per heavy atom. The molecular formula is C15H17F3N4. The zero-order chi connectivity index (χ0) is 16.2. The van der Waals surface area contributed by atoms with Crippen molar-refractivity contribution in [2.24, 2.45) is 5.92 Å². The number of hydrogen-bond acceptors (Lipinski definition) is 4. The predicted octanol–water partition coefficient (Wildman–Crippen LogP) is 4.31. The van der Waals surface area contributed by atoms with Crippen LogP contribution in [0.15, 0.2) is 36.5 Å². The summed E-state index contributed by atoms with van der Waals surface area (Å²) in [6.07, 6.45) is -2.75. The number of alkyl halides is 3. The van der Waals surface area contributed by atoms with Crippen molar-refractivity contribution in [3.63, 3.8) is 0 Å². The summed E-state index contributed by atoms with van der Waals surface area (Å²) in [5.74, 6) is 1.47. The summed E-state index contributed by atoms with van der Waals surface area (Å²) in [7, 11) is 0. The van der Waals surface area contributed by atoms with Crippen LogP contribution in [0.4, 0.5) is 30.6 Å². The van der Waals surface area contributed by atoms with Crippen molar-refractivity contribution < 1.29 is 13.2 Å². The van der Waals surface area contributed by atoms with Gasteiger partial charge < -0.3 is 10.6 Å². The Hall–Kier alpha value is -2.31. The number of aromatic nitrogens is 2. The van der Waals surface area contributed by atoms with Gasteiger partial charge in [-0.3, -0.25) is 0 Å². The third-order valence-electron chi connectivity index (χ3n) is 2.82. The molecule has 1 aromatic carbocycles. The van der Waals surface area contributed by atoms with Gasteiger partial charge in [-0.25, -0.2) is 4.98 Å². The molecule has 4 nitrogen and oxygen atoms in total. The summed E-state index contributed by atoms with van der Waals surface area (Å²) in [6.45, 7) is 4.93. The van der Waals surface area contributed by atoms with Gasteiger partial charge in [-0.1, -0.05) is 13.8 Å². The van der Waals surface area contributed by atoms with Crippen molar-refractivity contribution in [2.45, 2.75) is 20.0 Å². The molecule has 0 spiro atoms. The fourth-order valence-electron chi connectivity index (χ4n) is 1.70. The van der Waals surface area contributed by atoms with E-state index in [2.05, 4.69) is 34.4 Å². The molecular weight excluding hydrogens is 293 g/mol. The molecule has 0 aliphatic carbocycles. The van der Waals surface area contributed by atoms with Gasteiger partial charge in [0, 0.05) is 18.4 Å². The summed E-state index contributed by atoms with van der Waals surface area (Å²) in [4.78, 5) is 8.30. The van der Waals surface area contributed by atoms with E-state index in [0.717, 1.165) is 18.7 Å². The molecule has 0 saturated heterocycles. The fraction of sp³-hybridized carbons (Fsp3) is 0.333. The highest BCUT2D eigenvalue weighted by Gasteiger charge is 2.29. The van der Waals surface area contributed by atoms with E-state index in [9.17, 15) is 13.2 Å². The monoisotopic (exact) mass is 310 g/mol. The molecule has 0 amide bonds. The lowest BCUT2D eigenvalue weighted by molar-refractivity contribution is -0.137. The Kier molecular flexibility index (Phi) is 4.85. The van der Waals surface area contributed by atoms with E-state index in [1.807, 2.05) is 0 Å². The summed E-state index contributed by atoms with van der Waals surface area (Å²) >= 11 is 0. The van der Waals surface area contributed by atoms with Gasteiger partial charge >= 0.3 is 6.18 Å². The van der Waals surface area contributed by atoms with Gasteiger partial charge in [-0.05, 0) is 36.2 Å². The lowest BCUT2D eigenvalue weighted by Crippen LogP contribution is -2.10. The summed E-state index contributed by atoms with van der Waals surface area (Å²) in [6, 6.07) is 6.47. The van der Waals surface area contributed by atoms with E-state index in [1.54, 1.807) is 12.3 Å². The number of halogens is 3. The van der Waals surface area contributed by atoms with Crippen molar-refractivity contribution in [1.29, 1.82) is 0 Å². The molecule has 0 aliphatic rings. The molecule has 0 aliphatic heterocycles. The second-order valence-electron chi connectivity index (χ2n) is 5.24. The first kappa shape index (κ1) is 16.1. The fourth-order valence-corrected chi connectivity index (χ4v) is 1.70. The minimum Gasteiger partial charge on any atom is -0.370 e. The first-order valence-electron chi connectivity index (χ1n) is 6.86. The number of anilines is 3. The number of rotatable bonds is 5. The van der Waals surface area contributed by atoms with Crippen LogP contribution in [0.5, 0.6) is 0 Å². The number of benzene rings is 1. The lowest BCUT2D eigenvalue weighted by atomic mass is 10.2. The van der Waals surface area contributed by atoms with E-state index >= 15 is 0 Å². The maximum absolute atomic E-state index is 12.5. The molecule has 2 aromatic rings. The number of nitrogens with one attached hydrogen (secondary N) is 2. The molecule has 1 heterocycles. The smallest absolute Gasteiger partial charge is 0.370 e. The van der Waals surface area contributed by atoms with E-state index in [4.69, 9.17) is 0 Å². The second-order valence-corrected chi connectivity index (χ2v) is 5.24. The Morgan fingerprint density at radius 2 is 1.77 bits per heavy atom. The number of nitrogens with zero attached hydrogens (tertiary/aromatic N) is 2. The topological polar surface area (TPSA) is 49.8 Å². The maximum Gasteiger partial charge on any atom is 0.416 e. The van der Waals surface area contributed by atoms with E-state index < -0.39 is 11.7 Å². The molecule has 22 heavy (non-hydrogen) atoms. The van der Waals surface area contributed by atoms with Crippen LogP contribution in [0, 0.1) is 5.92 Å². The lowest BCUT2D eigenvalue weighted by Gasteiger charge is -2.11. The largest absolute Gasteiger partial charge is 0.416 e. The zero-order valence-corrected chi connectivity index (χ0v) is 12.3. The highest BCUT2D eigenvalue weighted by molar-refractivity contribution is 5.55. The zero-order valence-electron chi connectivity index (χ0n) is 12.3. The Morgan fingerprint density at radius 1 is 1.09 bits per heavy atom. The van der Waals surface area contributed by atoms with E-state index in [1.165, 1.54) is 12.1 Å². The predicted molar refractivity (Wildman–Crippen MR) is 80.1 cm³/mol. The average Bonchev–Trinajstić information content (AvgIpc) is 2.45. The highest BCUT2D eigenvalue weighted by atomic mass is 19.4. The minimum atomic E-state index is -4.34. The molecule has 7 heteroatoms. The molecule has 2 rings (SSSR count). The molecule has 0 atom stereocenters. The molecule has 2 N–H and O–H groups in total. The normalized spacial score (nSPS) is 11.5. The Labute approximate surface area is 126 Å². The molecule has 0 saturated carbocycles. The van der Waals surface area contributed by atoms with Crippen LogP contribution in [0.2, 0.25) is 0 Å². The quantitative estimate of drug-likeness (QED) is 0.864. The third-order valence-corrected chi connectivity index (χ3v) is 2.82. The van der Waals surface area contributed by atoms with E-state index in [0.29, 0.717) is 23.4 Å². The average molecular weight is 310 g/mol. The molecule has 0 fully saturated rings. The van der Waals surface area contributed by atoms with Crippen molar-refractivity contribution in [2.75, 3.05) is 17.2 Å². The minimum absolute atomic E-state index is 0.327. The van der Waals surface area contributed by atoms with Gasteiger partial charge in [0.1, 0.15) is 5.82 Å². The van der Waals surface area contributed by atoms with Gasteiger partial charge in [0.05, 0.1) is 5.56 Å². The molecule has 118 valence electrons. The van der Waals surface area contributed by atoms with Crippen LogP contribution >= 0.6 is 0 Å². The summed E-state index contributed by atoms with van der Waals surface area (Å²) in [5, 5.41) is 6.04. The van der Waals surface area contributed by atoms with Crippen molar-refractivity contribution in [3.8, 4) is 0 Å². The van der Waals surface area contributed by atoms with Crippen LogP contribution < -0.4 is 10.6 Å². The SMILES string of the molecule is CC(C)CNc1ccnc(Nc2ccc(C(F)(F)F)cc2)n1. The highest BCUT2D eigenvalue weighted by Crippen LogP contribution is 2.30. The van der Waals surface area contributed by atoms with Crippen LogP contribution in [-0.4, -0.2) is 16.5 Å².